The molecular weight excluding hydrogens is 365 g/mol. The van der Waals surface area contributed by atoms with Crippen LogP contribution in [0, 0.1) is 0 Å². The van der Waals surface area contributed by atoms with Gasteiger partial charge in [-0.15, -0.1) is 11.3 Å². The number of hydrogen-bond acceptors (Lipinski definition) is 4. The van der Waals surface area contributed by atoms with E-state index in [9.17, 15) is 18.3 Å². The van der Waals surface area contributed by atoms with E-state index in [1.807, 2.05) is 12.1 Å². The first-order valence-electron chi connectivity index (χ1n) is 8.12. The zero-order valence-electron chi connectivity index (χ0n) is 14.3. The first-order chi connectivity index (χ1) is 12.4. The second-order valence-electron chi connectivity index (χ2n) is 5.57. The number of guanidine groups is 1. The highest BCUT2D eigenvalue weighted by Gasteiger charge is 2.33. The number of nitrogens with one attached hydrogen (secondary N) is 2. The first kappa shape index (κ1) is 20.0. The van der Waals surface area contributed by atoms with E-state index in [-0.39, 0.29) is 5.75 Å². The Morgan fingerprint density at radius 3 is 2.46 bits per heavy atom. The third-order valence-corrected chi connectivity index (χ3v) is 4.48. The van der Waals surface area contributed by atoms with Crippen molar-refractivity contribution in [3.05, 3.63) is 45.9 Å². The number of thiazole rings is 1. The maximum atomic E-state index is 12.5. The maximum Gasteiger partial charge on any atom is 0.434 e. The molecule has 0 bridgehead atoms. The topological polar surface area (TPSA) is 69.5 Å². The molecule has 2 rings (SSSR count). The summed E-state index contributed by atoms with van der Waals surface area (Å²) in [5, 5.41) is 16.9. The molecule has 0 atom stereocenters. The van der Waals surface area contributed by atoms with Crippen LogP contribution in [-0.4, -0.2) is 36.2 Å². The molecule has 142 valence electrons. The van der Waals surface area contributed by atoms with Gasteiger partial charge >= 0.3 is 6.18 Å². The summed E-state index contributed by atoms with van der Waals surface area (Å²) in [6.45, 7) is 1.15. The minimum absolute atomic E-state index is 0.249. The number of aromatic nitrogens is 1. The molecule has 9 heteroatoms. The van der Waals surface area contributed by atoms with Gasteiger partial charge in [0.05, 0.1) is 5.01 Å². The summed E-state index contributed by atoms with van der Waals surface area (Å²) in [6.07, 6.45) is -2.25. The van der Waals surface area contributed by atoms with Crippen molar-refractivity contribution >= 4 is 17.3 Å². The van der Waals surface area contributed by atoms with Gasteiger partial charge in [0.1, 0.15) is 5.75 Å². The van der Waals surface area contributed by atoms with Crippen LogP contribution < -0.4 is 10.6 Å². The summed E-state index contributed by atoms with van der Waals surface area (Å²) >= 11 is 1.01. The van der Waals surface area contributed by atoms with E-state index in [1.54, 1.807) is 19.2 Å². The van der Waals surface area contributed by atoms with E-state index in [2.05, 4.69) is 20.6 Å². The molecule has 5 nitrogen and oxygen atoms in total. The molecule has 1 aromatic carbocycles. The molecule has 26 heavy (non-hydrogen) atoms. The van der Waals surface area contributed by atoms with Gasteiger partial charge < -0.3 is 15.7 Å². The molecular formula is C17H21F3N4OS. The number of phenols is 1. The first-order valence-corrected chi connectivity index (χ1v) is 9.00. The Hall–Kier alpha value is -2.29. The second kappa shape index (κ2) is 9.42. The summed E-state index contributed by atoms with van der Waals surface area (Å²) in [4.78, 5) is 7.68. The highest BCUT2D eigenvalue weighted by atomic mass is 32.1. The molecule has 1 aromatic heterocycles. The van der Waals surface area contributed by atoms with Gasteiger partial charge in [0.2, 0.25) is 0 Å². The van der Waals surface area contributed by atoms with Gasteiger partial charge in [-0.05, 0) is 30.5 Å². The largest absolute Gasteiger partial charge is 0.508 e. The lowest BCUT2D eigenvalue weighted by molar-refractivity contribution is -0.140. The van der Waals surface area contributed by atoms with Crippen molar-refractivity contribution in [1.82, 2.24) is 15.6 Å². The van der Waals surface area contributed by atoms with Crippen LogP contribution in [0.25, 0.3) is 0 Å². The lowest BCUT2D eigenvalue weighted by Crippen LogP contribution is -2.38. The predicted octanol–water partition coefficient (Wildman–Crippen LogP) is 3.21. The van der Waals surface area contributed by atoms with Crippen LogP contribution in [0.3, 0.4) is 0 Å². The van der Waals surface area contributed by atoms with Gasteiger partial charge in [0.25, 0.3) is 0 Å². The molecule has 0 saturated heterocycles. The molecule has 3 N–H and O–H groups in total. The van der Waals surface area contributed by atoms with E-state index >= 15 is 0 Å². The van der Waals surface area contributed by atoms with Crippen LogP contribution in [0.5, 0.6) is 5.75 Å². The van der Waals surface area contributed by atoms with Crippen LogP contribution >= 0.6 is 11.3 Å². The van der Waals surface area contributed by atoms with Gasteiger partial charge in [0, 0.05) is 31.9 Å². The molecule has 2 aromatic rings. The predicted molar refractivity (Wildman–Crippen MR) is 96.6 cm³/mol. The van der Waals surface area contributed by atoms with Crippen molar-refractivity contribution in [3.63, 3.8) is 0 Å². The Kier molecular flexibility index (Phi) is 7.26. The van der Waals surface area contributed by atoms with Gasteiger partial charge in [-0.3, -0.25) is 4.99 Å². The highest BCUT2D eigenvalue weighted by Crippen LogP contribution is 2.29. The minimum Gasteiger partial charge on any atom is -0.508 e. The summed E-state index contributed by atoms with van der Waals surface area (Å²) in [5.74, 6) is 0.849. The van der Waals surface area contributed by atoms with Crippen LogP contribution in [0.4, 0.5) is 13.2 Å². The Bertz CT molecular complexity index is 714. The number of hydrogen-bond donors (Lipinski definition) is 3. The maximum absolute atomic E-state index is 12.5. The fourth-order valence-corrected chi connectivity index (χ4v) is 3.03. The van der Waals surface area contributed by atoms with E-state index in [1.165, 1.54) is 0 Å². The zero-order valence-corrected chi connectivity index (χ0v) is 15.1. The van der Waals surface area contributed by atoms with Crippen LogP contribution in [0.2, 0.25) is 0 Å². The molecule has 0 amide bonds. The van der Waals surface area contributed by atoms with E-state index in [0.29, 0.717) is 30.5 Å². The fourth-order valence-electron chi connectivity index (χ4n) is 2.23. The Morgan fingerprint density at radius 2 is 1.85 bits per heavy atom. The van der Waals surface area contributed by atoms with Crippen molar-refractivity contribution in [2.75, 3.05) is 20.1 Å². The Morgan fingerprint density at radius 1 is 1.15 bits per heavy atom. The molecule has 1 heterocycles. The fraction of sp³-hybridized carbons (Fsp3) is 0.412. The highest BCUT2D eigenvalue weighted by molar-refractivity contribution is 7.09. The molecule has 0 aliphatic heterocycles. The smallest absolute Gasteiger partial charge is 0.434 e. The van der Waals surface area contributed by atoms with Crippen LogP contribution in [0.1, 0.15) is 22.7 Å². The van der Waals surface area contributed by atoms with Gasteiger partial charge in [0.15, 0.2) is 11.7 Å². The Labute approximate surface area is 154 Å². The van der Waals surface area contributed by atoms with Gasteiger partial charge in [-0.1, -0.05) is 12.1 Å². The van der Waals surface area contributed by atoms with Crippen LogP contribution in [0.15, 0.2) is 34.6 Å². The second-order valence-corrected chi connectivity index (χ2v) is 6.51. The van der Waals surface area contributed by atoms with Crippen molar-refractivity contribution in [3.8, 4) is 5.75 Å². The summed E-state index contributed by atoms with van der Waals surface area (Å²) in [5.41, 5.74) is 0.297. The van der Waals surface area contributed by atoms with E-state index in [0.717, 1.165) is 35.1 Å². The SMILES string of the molecule is CN=C(NCCCc1ccc(O)cc1)NCCc1nc(C(F)(F)F)cs1. The number of nitrogens with zero attached hydrogens (tertiary/aromatic N) is 2. The minimum atomic E-state index is -4.39. The number of aryl methyl sites for hydroxylation is 1. The molecule has 0 fully saturated rings. The van der Waals surface area contributed by atoms with Crippen molar-refractivity contribution in [1.29, 1.82) is 0 Å². The monoisotopic (exact) mass is 386 g/mol. The van der Waals surface area contributed by atoms with Crippen LogP contribution in [-0.2, 0) is 19.0 Å². The summed E-state index contributed by atoms with van der Waals surface area (Å²) < 4.78 is 37.5. The standard InChI is InChI=1S/C17H21F3N4OS/c1-21-16(22-9-2-3-12-4-6-13(25)7-5-12)23-10-8-15-24-14(11-26-15)17(18,19)20/h4-7,11,25H,2-3,8-10H2,1H3,(H2,21,22,23). The number of rotatable bonds is 7. The van der Waals surface area contributed by atoms with E-state index in [4.69, 9.17) is 0 Å². The van der Waals surface area contributed by atoms with Gasteiger partial charge in [-0.25, -0.2) is 4.98 Å². The number of aromatic hydroxyl groups is 1. The number of halogens is 3. The molecule has 0 saturated carbocycles. The van der Waals surface area contributed by atoms with E-state index < -0.39 is 11.9 Å². The molecule has 0 aliphatic carbocycles. The molecule has 0 aliphatic rings. The zero-order chi connectivity index (χ0) is 19.0. The third-order valence-electron chi connectivity index (χ3n) is 3.57. The third kappa shape index (κ3) is 6.55. The number of benzene rings is 1. The normalized spacial score (nSPS) is 12.2. The lowest BCUT2D eigenvalue weighted by atomic mass is 10.1. The summed E-state index contributed by atoms with van der Waals surface area (Å²) in [7, 11) is 1.64. The van der Waals surface area contributed by atoms with Crippen molar-refractivity contribution < 1.29 is 18.3 Å². The molecule has 0 spiro atoms. The average Bonchev–Trinajstić information content (AvgIpc) is 3.08. The number of aliphatic imine (C=N–C) groups is 1. The summed E-state index contributed by atoms with van der Waals surface area (Å²) in [6, 6.07) is 7.08. The quantitative estimate of drug-likeness (QED) is 0.388. The number of alkyl halides is 3. The van der Waals surface area contributed by atoms with Gasteiger partial charge in [-0.2, -0.15) is 13.2 Å². The Balaban J connectivity index is 1.66. The lowest BCUT2D eigenvalue weighted by Gasteiger charge is -2.11. The van der Waals surface area contributed by atoms with Crippen molar-refractivity contribution in [2.24, 2.45) is 4.99 Å². The number of phenolic OH excluding ortho intramolecular Hbond substituents is 1. The molecule has 0 radical (unpaired) electrons. The van der Waals surface area contributed by atoms with Crippen molar-refractivity contribution in [2.45, 2.75) is 25.4 Å². The molecule has 0 unspecified atom stereocenters. The average molecular weight is 386 g/mol.